The number of rotatable bonds is 6. The van der Waals surface area contributed by atoms with Crippen LogP contribution in [0.2, 0.25) is 5.02 Å². The Kier molecular flexibility index (Phi) is 5.45. The summed E-state index contributed by atoms with van der Waals surface area (Å²) in [5.74, 6) is 1.06. The average molecular weight is 286 g/mol. The number of halogens is 1. The minimum atomic E-state index is -0.520. The number of likely N-dealkylation sites (tertiary alicyclic amines) is 1. The number of hydrogen-bond donors (Lipinski definition) is 2. The van der Waals surface area contributed by atoms with Crippen LogP contribution in [0.4, 0.5) is 0 Å². The molecule has 5 heteroatoms. The number of hydrogen-bond acceptors (Lipinski definition) is 4. The van der Waals surface area contributed by atoms with E-state index >= 15 is 0 Å². The zero-order chi connectivity index (χ0) is 13.7. The zero-order valence-corrected chi connectivity index (χ0v) is 11.6. The lowest BCUT2D eigenvalue weighted by Gasteiger charge is -2.20. The molecular formula is C14H20ClNO3. The summed E-state index contributed by atoms with van der Waals surface area (Å²) < 4.78 is 5.50. The number of ether oxygens (including phenoxy) is 1. The highest BCUT2D eigenvalue weighted by molar-refractivity contribution is 6.30. The molecule has 0 aromatic heterocycles. The number of β-amino-alcohol motifs (C(OH)–C–C–N with tert-alkyl or cyclic N) is 1. The van der Waals surface area contributed by atoms with Gasteiger partial charge >= 0.3 is 0 Å². The van der Waals surface area contributed by atoms with E-state index < -0.39 is 6.10 Å². The van der Waals surface area contributed by atoms with Gasteiger partial charge in [0.25, 0.3) is 0 Å². The van der Waals surface area contributed by atoms with Gasteiger partial charge in [0.05, 0.1) is 0 Å². The lowest BCUT2D eigenvalue weighted by molar-refractivity contribution is 0.0735. The normalized spacial score (nSPS) is 21.5. The van der Waals surface area contributed by atoms with Crippen LogP contribution in [0.3, 0.4) is 0 Å². The van der Waals surface area contributed by atoms with Crippen molar-refractivity contribution < 1.29 is 14.9 Å². The number of aliphatic hydroxyl groups is 2. The van der Waals surface area contributed by atoms with Crippen molar-refractivity contribution in [1.82, 2.24) is 4.90 Å². The Morgan fingerprint density at radius 3 is 2.74 bits per heavy atom. The van der Waals surface area contributed by atoms with E-state index in [1.165, 1.54) is 0 Å². The van der Waals surface area contributed by atoms with Gasteiger partial charge in [-0.05, 0) is 43.1 Å². The van der Waals surface area contributed by atoms with Crippen molar-refractivity contribution in [2.24, 2.45) is 5.92 Å². The molecule has 0 bridgehead atoms. The first-order valence-corrected chi connectivity index (χ1v) is 6.95. The lowest BCUT2D eigenvalue weighted by atomic mass is 10.1. The zero-order valence-electron chi connectivity index (χ0n) is 10.8. The van der Waals surface area contributed by atoms with E-state index in [-0.39, 0.29) is 13.2 Å². The Morgan fingerprint density at radius 1 is 1.37 bits per heavy atom. The van der Waals surface area contributed by atoms with Crippen LogP contribution >= 0.6 is 11.6 Å². The second-order valence-electron chi connectivity index (χ2n) is 5.02. The quantitative estimate of drug-likeness (QED) is 0.829. The molecule has 0 aliphatic carbocycles. The van der Waals surface area contributed by atoms with Gasteiger partial charge < -0.3 is 19.8 Å². The fourth-order valence-corrected chi connectivity index (χ4v) is 2.43. The summed E-state index contributed by atoms with van der Waals surface area (Å²) >= 11 is 5.78. The van der Waals surface area contributed by atoms with E-state index in [2.05, 4.69) is 4.90 Å². The van der Waals surface area contributed by atoms with E-state index in [0.29, 0.717) is 23.2 Å². The monoisotopic (exact) mass is 285 g/mol. The van der Waals surface area contributed by atoms with Gasteiger partial charge in [0.2, 0.25) is 0 Å². The average Bonchev–Trinajstić information content (AvgIpc) is 2.86. The molecule has 4 nitrogen and oxygen atoms in total. The van der Waals surface area contributed by atoms with Gasteiger partial charge in [0.15, 0.2) is 0 Å². The summed E-state index contributed by atoms with van der Waals surface area (Å²) in [6.07, 6.45) is 0.481. The summed E-state index contributed by atoms with van der Waals surface area (Å²) in [6.45, 7) is 2.87. The molecule has 1 aromatic carbocycles. The number of benzene rings is 1. The Morgan fingerprint density at radius 2 is 2.11 bits per heavy atom. The van der Waals surface area contributed by atoms with Crippen LogP contribution in [0.15, 0.2) is 24.3 Å². The Balaban J connectivity index is 1.70. The predicted molar refractivity (Wildman–Crippen MR) is 74.6 cm³/mol. The largest absolute Gasteiger partial charge is 0.491 e. The second kappa shape index (κ2) is 7.10. The number of aliphatic hydroxyl groups excluding tert-OH is 2. The van der Waals surface area contributed by atoms with Crippen LogP contribution in [0.5, 0.6) is 5.75 Å². The Labute approximate surface area is 118 Å². The van der Waals surface area contributed by atoms with E-state index in [1.807, 2.05) is 0 Å². The molecule has 1 fully saturated rings. The third-order valence-electron chi connectivity index (χ3n) is 3.35. The van der Waals surface area contributed by atoms with E-state index in [9.17, 15) is 5.11 Å². The molecule has 2 atom stereocenters. The topological polar surface area (TPSA) is 52.9 Å². The van der Waals surface area contributed by atoms with Crippen molar-refractivity contribution in [3.63, 3.8) is 0 Å². The second-order valence-corrected chi connectivity index (χ2v) is 5.45. The van der Waals surface area contributed by atoms with Crippen molar-refractivity contribution in [3.05, 3.63) is 29.3 Å². The standard InChI is InChI=1S/C14H20ClNO3/c15-12-1-3-14(4-2-12)19-10-13(18)8-16-6-5-11(7-16)9-17/h1-4,11,13,17-18H,5-10H2. The van der Waals surface area contributed by atoms with Crippen LogP contribution in [-0.2, 0) is 0 Å². The van der Waals surface area contributed by atoms with E-state index in [4.69, 9.17) is 21.4 Å². The fourth-order valence-electron chi connectivity index (χ4n) is 2.30. The molecule has 2 rings (SSSR count). The third kappa shape index (κ3) is 4.66. The van der Waals surface area contributed by atoms with Crippen molar-refractivity contribution in [1.29, 1.82) is 0 Å². The van der Waals surface area contributed by atoms with Gasteiger partial charge in [-0.3, -0.25) is 0 Å². The van der Waals surface area contributed by atoms with Crippen molar-refractivity contribution in [3.8, 4) is 5.75 Å². The maximum absolute atomic E-state index is 9.93. The minimum absolute atomic E-state index is 0.230. The van der Waals surface area contributed by atoms with Gasteiger partial charge in [0, 0.05) is 24.7 Å². The molecule has 106 valence electrons. The molecule has 19 heavy (non-hydrogen) atoms. The highest BCUT2D eigenvalue weighted by Gasteiger charge is 2.23. The third-order valence-corrected chi connectivity index (χ3v) is 3.61. The Bertz CT molecular complexity index is 385. The highest BCUT2D eigenvalue weighted by Crippen LogP contribution is 2.17. The molecule has 1 saturated heterocycles. The summed E-state index contributed by atoms with van der Waals surface area (Å²) in [5.41, 5.74) is 0. The van der Waals surface area contributed by atoms with E-state index in [1.54, 1.807) is 24.3 Å². The van der Waals surface area contributed by atoms with Crippen LogP contribution in [-0.4, -0.2) is 54.1 Å². The molecule has 0 radical (unpaired) electrons. The first kappa shape index (κ1) is 14.6. The molecule has 0 spiro atoms. The molecule has 0 saturated carbocycles. The molecule has 0 amide bonds. The molecule has 1 heterocycles. The van der Waals surface area contributed by atoms with Crippen LogP contribution in [0.25, 0.3) is 0 Å². The molecule has 1 aliphatic rings. The van der Waals surface area contributed by atoms with Gasteiger partial charge in [-0.15, -0.1) is 0 Å². The SMILES string of the molecule is OCC1CCN(CC(O)COc2ccc(Cl)cc2)C1. The van der Waals surface area contributed by atoms with Crippen LogP contribution in [0, 0.1) is 5.92 Å². The van der Waals surface area contributed by atoms with Gasteiger partial charge in [0.1, 0.15) is 18.5 Å². The van der Waals surface area contributed by atoms with E-state index in [0.717, 1.165) is 19.5 Å². The maximum atomic E-state index is 9.93. The molecule has 1 aromatic rings. The molecule has 2 unspecified atom stereocenters. The fraction of sp³-hybridized carbons (Fsp3) is 0.571. The summed E-state index contributed by atoms with van der Waals surface area (Å²) in [4.78, 5) is 2.16. The van der Waals surface area contributed by atoms with Gasteiger partial charge in [-0.1, -0.05) is 11.6 Å². The first-order chi connectivity index (χ1) is 9.17. The number of nitrogens with zero attached hydrogens (tertiary/aromatic N) is 1. The van der Waals surface area contributed by atoms with Crippen molar-refractivity contribution in [2.75, 3.05) is 32.8 Å². The van der Waals surface area contributed by atoms with Crippen LogP contribution < -0.4 is 4.74 Å². The van der Waals surface area contributed by atoms with Crippen LogP contribution in [0.1, 0.15) is 6.42 Å². The molecule has 1 aliphatic heterocycles. The van der Waals surface area contributed by atoms with Crippen molar-refractivity contribution in [2.45, 2.75) is 12.5 Å². The maximum Gasteiger partial charge on any atom is 0.119 e. The highest BCUT2D eigenvalue weighted by atomic mass is 35.5. The summed E-state index contributed by atoms with van der Waals surface area (Å²) in [7, 11) is 0. The Hall–Kier alpha value is -0.810. The summed E-state index contributed by atoms with van der Waals surface area (Å²) in [5, 5.41) is 19.7. The smallest absolute Gasteiger partial charge is 0.119 e. The first-order valence-electron chi connectivity index (χ1n) is 6.57. The van der Waals surface area contributed by atoms with Gasteiger partial charge in [-0.2, -0.15) is 0 Å². The molecule has 2 N–H and O–H groups in total. The van der Waals surface area contributed by atoms with Crippen molar-refractivity contribution >= 4 is 11.6 Å². The lowest BCUT2D eigenvalue weighted by Crippen LogP contribution is -2.34. The predicted octanol–water partition coefficient (Wildman–Crippen LogP) is 1.39. The van der Waals surface area contributed by atoms with Gasteiger partial charge in [-0.25, -0.2) is 0 Å². The molecular weight excluding hydrogens is 266 g/mol. The summed E-state index contributed by atoms with van der Waals surface area (Å²) in [6, 6.07) is 7.09. The minimum Gasteiger partial charge on any atom is -0.491 e.